The molecule has 0 radical (unpaired) electrons. The van der Waals surface area contributed by atoms with Crippen LogP contribution in [0.15, 0.2) is 57.3 Å². The molecule has 0 saturated carbocycles. The highest BCUT2D eigenvalue weighted by atomic mass is 32.2. The third-order valence-corrected chi connectivity index (χ3v) is 4.32. The minimum atomic E-state index is -0.304. The zero-order valence-corrected chi connectivity index (χ0v) is 13.2. The summed E-state index contributed by atoms with van der Waals surface area (Å²) < 4.78 is 18.1. The van der Waals surface area contributed by atoms with Crippen LogP contribution in [0.3, 0.4) is 0 Å². The largest absolute Gasteiger partial charge is 0.463 e. The molecule has 0 spiro atoms. The monoisotopic (exact) mass is 331 g/mol. The summed E-state index contributed by atoms with van der Waals surface area (Å²) in [6.45, 7) is 2.16. The lowest BCUT2D eigenvalue weighted by atomic mass is 10.2. The SMILES string of the molecule is CC1S/C(=N/N=C/c2ccco2)N(Cc2ccc(F)cc2)C1=O. The molecule has 1 aliphatic rings. The van der Waals surface area contributed by atoms with Gasteiger partial charge >= 0.3 is 0 Å². The van der Waals surface area contributed by atoms with Crippen LogP contribution in [0, 0.1) is 5.82 Å². The van der Waals surface area contributed by atoms with E-state index in [0.29, 0.717) is 17.5 Å². The predicted molar refractivity (Wildman–Crippen MR) is 87.7 cm³/mol. The maximum absolute atomic E-state index is 13.0. The molecule has 0 bridgehead atoms. The Balaban J connectivity index is 1.77. The number of halogens is 1. The molecule has 2 heterocycles. The fraction of sp³-hybridized carbons (Fsp3) is 0.188. The van der Waals surface area contributed by atoms with Gasteiger partial charge in [0, 0.05) is 0 Å². The molecular formula is C16H14FN3O2S. The van der Waals surface area contributed by atoms with Crippen molar-refractivity contribution < 1.29 is 13.6 Å². The van der Waals surface area contributed by atoms with Crippen LogP contribution in [-0.4, -0.2) is 27.4 Å². The number of hydrogen-bond donors (Lipinski definition) is 0. The molecule has 1 saturated heterocycles. The Hall–Kier alpha value is -2.41. The summed E-state index contributed by atoms with van der Waals surface area (Å²) in [4.78, 5) is 13.8. The summed E-state index contributed by atoms with van der Waals surface area (Å²) in [5, 5.41) is 8.39. The second-order valence-electron chi connectivity index (χ2n) is 4.95. The van der Waals surface area contributed by atoms with Crippen molar-refractivity contribution in [3.8, 4) is 0 Å². The maximum atomic E-state index is 13.0. The van der Waals surface area contributed by atoms with E-state index < -0.39 is 0 Å². The van der Waals surface area contributed by atoms with Gasteiger partial charge in [-0.25, -0.2) is 4.39 Å². The van der Waals surface area contributed by atoms with Gasteiger partial charge in [-0.05, 0) is 36.8 Å². The van der Waals surface area contributed by atoms with Gasteiger partial charge in [0.05, 0.1) is 24.3 Å². The maximum Gasteiger partial charge on any atom is 0.242 e. The fourth-order valence-corrected chi connectivity index (χ4v) is 3.00. The highest BCUT2D eigenvalue weighted by molar-refractivity contribution is 8.15. The number of benzene rings is 1. The van der Waals surface area contributed by atoms with Crippen LogP contribution in [0.2, 0.25) is 0 Å². The van der Waals surface area contributed by atoms with Gasteiger partial charge in [0.2, 0.25) is 5.91 Å². The molecule has 7 heteroatoms. The van der Waals surface area contributed by atoms with E-state index >= 15 is 0 Å². The standard InChI is InChI=1S/C16H14FN3O2S/c1-11-15(21)20(10-12-4-6-13(17)7-5-12)16(23-11)19-18-9-14-3-2-8-22-14/h2-9,11H,10H2,1H3/b18-9+,19-16+. The summed E-state index contributed by atoms with van der Waals surface area (Å²) in [5.74, 6) is 0.245. The van der Waals surface area contributed by atoms with Gasteiger partial charge in [-0.2, -0.15) is 5.10 Å². The van der Waals surface area contributed by atoms with Gasteiger partial charge in [0.15, 0.2) is 5.17 Å². The van der Waals surface area contributed by atoms with E-state index in [-0.39, 0.29) is 17.0 Å². The van der Waals surface area contributed by atoms with E-state index in [0.717, 1.165) is 5.56 Å². The van der Waals surface area contributed by atoms with Crippen LogP contribution in [0.4, 0.5) is 4.39 Å². The Morgan fingerprint density at radius 1 is 1.35 bits per heavy atom. The first kappa shape index (κ1) is 15.5. The molecule has 23 heavy (non-hydrogen) atoms. The average Bonchev–Trinajstić information content (AvgIpc) is 3.14. The Morgan fingerprint density at radius 2 is 2.13 bits per heavy atom. The van der Waals surface area contributed by atoms with Gasteiger partial charge in [-0.1, -0.05) is 23.9 Å². The number of nitrogens with zero attached hydrogens (tertiary/aromatic N) is 3. The zero-order valence-electron chi connectivity index (χ0n) is 12.3. The Morgan fingerprint density at radius 3 is 2.83 bits per heavy atom. The number of amidine groups is 1. The van der Waals surface area contributed by atoms with Crippen molar-refractivity contribution in [3.05, 3.63) is 59.8 Å². The smallest absolute Gasteiger partial charge is 0.242 e. The molecular weight excluding hydrogens is 317 g/mol. The minimum absolute atomic E-state index is 0.0359. The van der Waals surface area contributed by atoms with Crippen LogP contribution in [0.1, 0.15) is 18.2 Å². The van der Waals surface area contributed by atoms with E-state index in [1.807, 2.05) is 6.92 Å². The van der Waals surface area contributed by atoms with Crippen molar-refractivity contribution in [1.82, 2.24) is 4.90 Å². The highest BCUT2D eigenvalue weighted by Gasteiger charge is 2.35. The van der Waals surface area contributed by atoms with Gasteiger partial charge < -0.3 is 4.42 Å². The highest BCUT2D eigenvalue weighted by Crippen LogP contribution is 2.28. The van der Waals surface area contributed by atoms with E-state index in [1.165, 1.54) is 30.1 Å². The Bertz CT molecular complexity index is 741. The molecule has 0 N–H and O–H groups in total. The molecule has 1 aromatic heterocycles. The predicted octanol–water partition coefficient (Wildman–Crippen LogP) is 3.27. The molecule has 3 rings (SSSR count). The third kappa shape index (κ3) is 3.68. The van der Waals surface area contributed by atoms with Crippen molar-refractivity contribution >= 4 is 29.1 Å². The van der Waals surface area contributed by atoms with Crippen LogP contribution in [0.25, 0.3) is 0 Å². The van der Waals surface area contributed by atoms with Crippen molar-refractivity contribution in [3.63, 3.8) is 0 Å². The Kier molecular flexibility index (Phi) is 4.57. The second kappa shape index (κ2) is 6.78. The van der Waals surface area contributed by atoms with Gasteiger partial charge in [0.1, 0.15) is 11.6 Å². The summed E-state index contributed by atoms with van der Waals surface area (Å²) >= 11 is 1.35. The number of hydrogen-bond acceptors (Lipinski definition) is 5. The van der Waals surface area contributed by atoms with Crippen molar-refractivity contribution in [2.45, 2.75) is 18.7 Å². The molecule has 1 unspecified atom stereocenters. The number of carbonyl (C=O) groups excluding carboxylic acids is 1. The lowest BCUT2D eigenvalue weighted by molar-refractivity contribution is -0.126. The number of amides is 1. The van der Waals surface area contributed by atoms with Crippen LogP contribution in [0.5, 0.6) is 0 Å². The lowest BCUT2D eigenvalue weighted by Gasteiger charge is -2.15. The second-order valence-corrected chi connectivity index (χ2v) is 6.26. The zero-order chi connectivity index (χ0) is 16.2. The van der Waals surface area contributed by atoms with E-state index in [9.17, 15) is 9.18 Å². The first-order valence-electron chi connectivity index (χ1n) is 7.00. The molecule has 1 atom stereocenters. The molecule has 1 aliphatic heterocycles. The van der Waals surface area contributed by atoms with E-state index in [2.05, 4.69) is 10.2 Å². The van der Waals surface area contributed by atoms with Crippen molar-refractivity contribution in [2.75, 3.05) is 0 Å². The number of thioether (sulfide) groups is 1. The first-order valence-corrected chi connectivity index (χ1v) is 7.88. The lowest BCUT2D eigenvalue weighted by Crippen LogP contribution is -2.30. The van der Waals surface area contributed by atoms with E-state index in [1.54, 1.807) is 35.4 Å². The molecule has 1 fully saturated rings. The summed E-state index contributed by atoms with van der Waals surface area (Å²) in [6, 6.07) is 9.57. The van der Waals surface area contributed by atoms with Crippen LogP contribution >= 0.6 is 11.8 Å². The number of furan rings is 1. The molecule has 0 aliphatic carbocycles. The average molecular weight is 331 g/mol. The van der Waals surface area contributed by atoms with E-state index in [4.69, 9.17) is 4.42 Å². The van der Waals surface area contributed by atoms with Crippen LogP contribution in [-0.2, 0) is 11.3 Å². The molecule has 1 aromatic carbocycles. The quantitative estimate of drug-likeness (QED) is 0.638. The normalized spacial score (nSPS) is 20.1. The number of carbonyl (C=O) groups is 1. The van der Waals surface area contributed by atoms with Gasteiger partial charge in [-0.3, -0.25) is 9.69 Å². The van der Waals surface area contributed by atoms with Crippen molar-refractivity contribution in [2.24, 2.45) is 10.2 Å². The van der Waals surface area contributed by atoms with Gasteiger partial charge in [-0.15, -0.1) is 5.10 Å². The molecule has 2 aromatic rings. The van der Waals surface area contributed by atoms with Crippen molar-refractivity contribution in [1.29, 1.82) is 0 Å². The summed E-state index contributed by atoms with van der Waals surface area (Å²) in [5.41, 5.74) is 0.831. The topological polar surface area (TPSA) is 58.2 Å². The first-order chi connectivity index (χ1) is 11.1. The van der Waals surface area contributed by atoms with Crippen LogP contribution < -0.4 is 0 Å². The third-order valence-electron chi connectivity index (χ3n) is 3.25. The number of rotatable bonds is 4. The Labute approximate surface area is 136 Å². The minimum Gasteiger partial charge on any atom is -0.463 e. The summed E-state index contributed by atoms with van der Waals surface area (Å²) in [6.07, 6.45) is 3.03. The summed E-state index contributed by atoms with van der Waals surface area (Å²) in [7, 11) is 0. The molecule has 118 valence electrons. The molecule has 1 amide bonds. The van der Waals surface area contributed by atoms with Gasteiger partial charge in [0.25, 0.3) is 0 Å². The fourth-order valence-electron chi connectivity index (χ4n) is 2.08. The molecule has 5 nitrogen and oxygen atoms in total.